The molecule has 0 amide bonds. The minimum atomic E-state index is 0.0377. The van der Waals surface area contributed by atoms with E-state index in [9.17, 15) is 0 Å². The molecular weight excluding hydrogens is 397 g/mol. The number of para-hydroxylation sites is 1. The molecule has 1 aromatic rings. The van der Waals surface area contributed by atoms with Gasteiger partial charge in [0.1, 0.15) is 0 Å². The maximum Gasteiger partial charge on any atom is 0.193 e. The summed E-state index contributed by atoms with van der Waals surface area (Å²) in [6.07, 6.45) is 7.62. The van der Waals surface area contributed by atoms with E-state index in [1.807, 2.05) is 0 Å². The van der Waals surface area contributed by atoms with Gasteiger partial charge in [-0.1, -0.05) is 26.0 Å². The molecule has 0 saturated heterocycles. The van der Waals surface area contributed by atoms with Crippen molar-refractivity contribution < 1.29 is 0 Å². The highest BCUT2D eigenvalue weighted by atomic mass is 127. The summed E-state index contributed by atoms with van der Waals surface area (Å²) >= 11 is 2.38. The van der Waals surface area contributed by atoms with Crippen molar-refractivity contribution in [3.05, 3.63) is 27.8 Å². The van der Waals surface area contributed by atoms with Gasteiger partial charge in [0.15, 0.2) is 5.96 Å². The molecule has 4 bridgehead atoms. The Bertz CT molecular complexity index is 652. The van der Waals surface area contributed by atoms with Crippen LogP contribution in [0.4, 0.5) is 5.69 Å². The van der Waals surface area contributed by atoms with Gasteiger partial charge in [0, 0.05) is 9.11 Å². The number of benzene rings is 1. The number of anilines is 1. The molecule has 4 aliphatic rings. The van der Waals surface area contributed by atoms with Crippen LogP contribution in [0.3, 0.4) is 0 Å². The fourth-order valence-electron chi connectivity index (χ4n) is 6.91. The Labute approximate surface area is 152 Å². The average Bonchev–Trinajstić information content (AvgIpc) is 2.36. The van der Waals surface area contributed by atoms with Crippen molar-refractivity contribution in [3.8, 4) is 0 Å². The first-order valence-electron chi connectivity index (χ1n) is 8.63. The van der Waals surface area contributed by atoms with Gasteiger partial charge < -0.3 is 10.6 Å². The molecule has 2 atom stereocenters. The Balaban J connectivity index is 1.83. The molecule has 0 aromatic heterocycles. The highest BCUT2D eigenvalue weighted by Gasteiger charge is 2.62. The third kappa shape index (κ3) is 2.39. The monoisotopic (exact) mass is 423 g/mol. The Morgan fingerprint density at radius 2 is 1.74 bits per heavy atom. The summed E-state index contributed by atoms with van der Waals surface area (Å²) in [6.45, 7) is 4.94. The zero-order valence-electron chi connectivity index (χ0n) is 14.0. The molecule has 4 heteroatoms. The highest BCUT2D eigenvalue weighted by molar-refractivity contribution is 14.1. The van der Waals surface area contributed by atoms with Gasteiger partial charge in [0.05, 0.1) is 5.69 Å². The number of rotatable bonds is 2. The van der Waals surface area contributed by atoms with E-state index < -0.39 is 0 Å². The van der Waals surface area contributed by atoms with E-state index in [0.717, 1.165) is 11.6 Å². The second kappa shape index (κ2) is 4.87. The molecule has 3 nitrogen and oxygen atoms in total. The standard InChI is InChI=1S/C19H26IN3/c1-17-7-13-8-18(2,10-17)12-19(9-13,11-17)23(16(21)22)15-6-4-3-5-14(15)20/h3-6,13H,7-12H2,1-2H3,(H3,21,22). The van der Waals surface area contributed by atoms with Crippen LogP contribution in [0.2, 0.25) is 0 Å². The SMILES string of the molecule is CC12CC3CC(C)(C1)CC(N(C(=N)N)c1ccccc1I)(C3)C2. The van der Waals surface area contributed by atoms with E-state index in [0.29, 0.717) is 10.8 Å². The Kier molecular flexibility index (Phi) is 3.33. The summed E-state index contributed by atoms with van der Waals surface area (Å²) in [6, 6.07) is 8.38. The number of hydrogen-bond donors (Lipinski definition) is 2. The van der Waals surface area contributed by atoms with Crippen molar-refractivity contribution in [1.82, 2.24) is 0 Å². The maximum absolute atomic E-state index is 8.35. The number of halogens is 1. The molecule has 5 rings (SSSR count). The van der Waals surface area contributed by atoms with Crippen molar-refractivity contribution in [2.75, 3.05) is 4.90 Å². The van der Waals surface area contributed by atoms with Crippen LogP contribution < -0.4 is 10.6 Å². The molecule has 0 spiro atoms. The van der Waals surface area contributed by atoms with E-state index in [1.165, 1.54) is 42.1 Å². The van der Waals surface area contributed by atoms with Gasteiger partial charge in [0.2, 0.25) is 0 Å². The average molecular weight is 423 g/mol. The molecule has 4 aliphatic carbocycles. The van der Waals surface area contributed by atoms with Crippen LogP contribution in [-0.4, -0.2) is 11.5 Å². The highest BCUT2D eigenvalue weighted by Crippen LogP contribution is 2.68. The van der Waals surface area contributed by atoms with Crippen LogP contribution in [0.25, 0.3) is 0 Å². The third-order valence-electron chi connectivity index (χ3n) is 6.41. The third-order valence-corrected chi connectivity index (χ3v) is 7.32. The molecule has 3 N–H and O–H groups in total. The fourth-order valence-corrected chi connectivity index (χ4v) is 7.54. The fraction of sp³-hybridized carbons (Fsp3) is 0.632. The maximum atomic E-state index is 8.35. The second-order valence-corrected chi connectivity index (χ2v) is 10.2. The van der Waals surface area contributed by atoms with Crippen LogP contribution in [-0.2, 0) is 0 Å². The largest absolute Gasteiger partial charge is 0.370 e. The molecule has 0 aliphatic heterocycles. The van der Waals surface area contributed by atoms with E-state index in [4.69, 9.17) is 11.1 Å². The Morgan fingerprint density at radius 3 is 2.26 bits per heavy atom. The van der Waals surface area contributed by atoms with Crippen molar-refractivity contribution in [2.24, 2.45) is 22.5 Å². The lowest BCUT2D eigenvalue weighted by Crippen LogP contribution is -2.67. The molecule has 4 saturated carbocycles. The van der Waals surface area contributed by atoms with Crippen LogP contribution in [0.5, 0.6) is 0 Å². The van der Waals surface area contributed by atoms with Crippen LogP contribution in [0.15, 0.2) is 24.3 Å². The molecule has 124 valence electrons. The number of nitrogens with zero attached hydrogens (tertiary/aromatic N) is 1. The van der Waals surface area contributed by atoms with Gasteiger partial charge >= 0.3 is 0 Å². The summed E-state index contributed by atoms with van der Waals surface area (Å²) in [5.41, 5.74) is 8.15. The predicted molar refractivity (Wildman–Crippen MR) is 104 cm³/mol. The zero-order chi connectivity index (χ0) is 16.5. The van der Waals surface area contributed by atoms with Crippen LogP contribution in [0.1, 0.15) is 52.4 Å². The molecule has 2 unspecified atom stereocenters. The zero-order valence-corrected chi connectivity index (χ0v) is 16.2. The van der Waals surface area contributed by atoms with Gasteiger partial charge in [0.25, 0.3) is 0 Å². The van der Waals surface area contributed by atoms with E-state index >= 15 is 0 Å². The lowest BCUT2D eigenvalue weighted by molar-refractivity contribution is -0.103. The first-order valence-corrected chi connectivity index (χ1v) is 9.71. The predicted octanol–water partition coefficient (Wildman–Crippen LogP) is 4.74. The Morgan fingerprint density at radius 1 is 1.13 bits per heavy atom. The minimum absolute atomic E-state index is 0.0377. The second-order valence-electron chi connectivity index (χ2n) is 9.03. The normalized spacial score (nSPS) is 41.1. The number of hydrogen-bond acceptors (Lipinski definition) is 1. The van der Waals surface area contributed by atoms with Crippen molar-refractivity contribution in [2.45, 2.75) is 57.9 Å². The summed E-state index contributed by atoms with van der Waals surface area (Å²) in [5, 5.41) is 8.35. The Hall–Kier alpha value is -0.780. The minimum Gasteiger partial charge on any atom is -0.370 e. The van der Waals surface area contributed by atoms with E-state index in [1.54, 1.807) is 0 Å². The summed E-state index contributed by atoms with van der Waals surface area (Å²) < 4.78 is 1.19. The smallest absolute Gasteiger partial charge is 0.193 e. The molecule has 0 radical (unpaired) electrons. The lowest BCUT2D eigenvalue weighted by atomic mass is 9.42. The van der Waals surface area contributed by atoms with E-state index in [2.05, 4.69) is 65.6 Å². The molecular formula is C19H26IN3. The van der Waals surface area contributed by atoms with Crippen LogP contribution in [0, 0.1) is 25.7 Å². The quantitative estimate of drug-likeness (QED) is 0.410. The van der Waals surface area contributed by atoms with Gasteiger partial charge in [-0.25, -0.2) is 0 Å². The van der Waals surface area contributed by atoms with Gasteiger partial charge in [-0.2, -0.15) is 0 Å². The van der Waals surface area contributed by atoms with Gasteiger partial charge in [-0.3, -0.25) is 5.41 Å². The lowest BCUT2D eigenvalue weighted by Gasteiger charge is -2.67. The summed E-state index contributed by atoms with van der Waals surface area (Å²) in [5.74, 6) is 1.01. The van der Waals surface area contributed by atoms with E-state index in [-0.39, 0.29) is 11.5 Å². The first-order chi connectivity index (χ1) is 10.7. The number of nitrogens with two attached hydrogens (primary N) is 1. The number of guanidine groups is 1. The molecule has 23 heavy (non-hydrogen) atoms. The van der Waals surface area contributed by atoms with Gasteiger partial charge in [-0.05, 0) is 90.0 Å². The molecule has 1 aromatic carbocycles. The van der Waals surface area contributed by atoms with Crippen LogP contribution >= 0.6 is 22.6 Å². The topological polar surface area (TPSA) is 53.1 Å². The van der Waals surface area contributed by atoms with Crippen molar-refractivity contribution in [3.63, 3.8) is 0 Å². The molecule has 0 heterocycles. The van der Waals surface area contributed by atoms with Gasteiger partial charge in [-0.15, -0.1) is 0 Å². The molecule has 4 fully saturated rings. The number of nitrogens with one attached hydrogen (secondary N) is 1. The summed E-state index contributed by atoms with van der Waals surface area (Å²) in [4.78, 5) is 2.19. The van der Waals surface area contributed by atoms with Crippen molar-refractivity contribution in [1.29, 1.82) is 5.41 Å². The summed E-state index contributed by atoms with van der Waals surface area (Å²) in [7, 11) is 0. The van der Waals surface area contributed by atoms with Crippen molar-refractivity contribution >= 4 is 34.2 Å². The first kappa shape index (κ1) is 15.7.